The molecule has 2 atom stereocenters. The monoisotopic (exact) mass is 331 g/mol. The van der Waals surface area contributed by atoms with Crippen LogP contribution < -0.4 is 10.6 Å². The summed E-state index contributed by atoms with van der Waals surface area (Å²) < 4.78 is 0. The summed E-state index contributed by atoms with van der Waals surface area (Å²) in [6, 6.07) is 9.26. The highest BCUT2D eigenvalue weighted by Crippen LogP contribution is 2.28. The van der Waals surface area contributed by atoms with Crippen molar-refractivity contribution in [2.75, 3.05) is 13.6 Å². The number of aromatic nitrogens is 1. The molecule has 0 spiro atoms. The molecule has 0 radical (unpaired) electrons. The molecule has 0 amide bonds. The Morgan fingerprint density at radius 3 is 2.57 bits per heavy atom. The van der Waals surface area contributed by atoms with E-state index in [0.717, 1.165) is 31.4 Å². The van der Waals surface area contributed by atoms with Gasteiger partial charge in [-0.1, -0.05) is 24.3 Å². The van der Waals surface area contributed by atoms with E-state index >= 15 is 0 Å². The lowest BCUT2D eigenvalue weighted by molar-refractivity contribution is -0.109. The van der Waals surface area contributed by atoms with Gasteiger partial charge in [0.2, 0.25) is 0 Å². The van der Waals surface area contributed by atoms with Gasteiger partial charge in [-0.15, -0.1) is 11.3 Å². The number of carbonyl (C=O) groups excluding carboxylic acids is 1. The Morgan fingerprint density at radius 1 is 1.39 bits per heavy atom. The number of aryl methyl sites for hydroxylation is 1. The minimum atomic E-state index is 0.167. The maximum Gasteiger partial charge on any atom is 0.136 e. The number of nitrogens with one attached hydrogen (secondary N) is 2. The Balaban J connectivity index is 0.000000229. The van der Waals surface area contributed by atoms with Crippen LogP contribution in [0.15, 0.2) is 29.8 Å². The van der Waals surface area contributed by atoms with Crippen LogP contribution in [-0.4, -0.2) is 30.9 Å². The van der Waals surface area contributed by atoms with Crippen molar-refractivity contribution in [3.8, 4) is 10.4 Å². The summed E-state index contributed by atoms with van der Waals surface area (Å²) in [5.74, 6) is 0. The van der Waals surface area contributed by atoms with Gasteiger partial charge in [-0.05, 0) is 51.4 Å². The molecule has 1 aliphatic heterocycles. The number of benzene rings is 1. The quantitative estimate of drug-likeness (QED) is 0.844. The van der Waals surface area contributed by atoms with Gasteiger partial charge in [0, 0.05) is 6.04 Å². The average molecular weight is 331 g/mol. The molecular formula is C18H25N3OS. The molecule has 3 rings (SSSR count). The molecule has 2 unspecified atom stereocenters. The fourth-order valence-electron chi connectivity index (χ4n) is 2.50. The van der Waals surface area contributed by atoms with E-state index in [1.165, 1.54) is 16.0 Å². The third kappa shape index (κ3) is 4.96. The molecule has 23 heavy (non-hydrogen) atoms. The van der Waals surface area contributed by atoms with E-state index in [0.29, 0.717) is 6.04 Å². The molecule has 2 N–H and O–H groups in total. The summed E-state index contributed by atoms with van der Waals surface area (Å²) in [6.07, 6.45) is 3.17. The first-order chi connectivity index (χ1) is 11.2. The van der Waals surface area contributed by atoms with Crippen LogP contribution in [0.2, 0.25) is 0 Å². The second kappa shape index (κ2) is 8.91. The predicted octanol–water partition coefficient (Wildman–Crippen LogP) is 3.34. The minimum absolute atomic E-state index is 0.167. The molecule has 4 nitrogen and oxygen atoms in total. The third-order valence-corrected chi connectivity index (χ3v) is 5.09. The molecule has 124 valence electrons. The number of carbonyl (C=O) groups is 1. The van der Waals surface area contributed by atoms with Crippen LogP contribution in [0.3, 0.4) is 0 Å². The van der Waals surface area contributed by atoms with E-state index < -0.39 is 0 Å². The van der Waals surface area contributed by atoms with Gasteiger partial charge in [0.05, 0.1) is 22.1 Å². The minimum Gasteiger partial charge on any atom is -0.313 e. The van der Waals surface area contributed by atoms with Crippen LogP contribution in [0.1, 0.15) is 37.1 Å². The zero-order chi connectivity index (χ0) is 16.7. The zero-order valence-electron chi connectivity index (χ0n) is 14.0. The molecule has 2 aromatic rings. The molecule has 0 saturated carbocycles. The second-order valence-corrected chi connectivity index (χ2v) is 6.59. The van der Waals surface area contributed by atoms with Gasteiger partial charge < -0.3 is 15.4 Å². The van der Waals surface area contributed by atoms with Gasteiger partial charge in [-0.25, -0.2) is 4.98 Å². The standard InChI is InChI=1S/C13H16N2S.C5H9NO/c1-9(14-3)11-4-6-12(7-5-11)13-10(2)15-8-16-13;7-4-5-2-1-3-6-5/h4-9,14H,1-3H3;4-6H,1-3H2. The van der Waals surface area contributed by atoms with Gasteiger partial charge in [0.15, 0.2) is 0 Å². The number of hydrogen-bond donors (Lipinski definition) is 2. The van der Waals surface area contributed by atoms with Crippen molar-refractivity contribution in [3.05, 3.63) is 41.0 Å². The summed E-state index contributed by atoms with van der Waals surface area (Å²) in [7, 11) is 1.98. The number of rotatable bonds is 4. The molecule has 1 aromatic heterocycles. The molecule has 5 heteroatoms. The molecule has 0 aliphatic carbocycles. The topological polar surface area (TPSA) is 54.0 Å². The van der Waals surface area contributed by atoms with Crippen molar-refractivity contribution >= 4 is 17.6 Å². The van der Waals surface area contributed by atoms with E-state index in [9.17, 15) is 4.79 Å². The highest BCUT2D eigenvalue weighted by Gasteiger charge is 2.10. The number of aldehydes is 1. The number of nitrogens with zero attached hydrogens (tertiary/aromatic N) is 1. The van der Waals surface area contributed by atoms with Gasteiger partial charge in [-0.2, -0.15) is 0 Å². The zero-order valence-corrected chi connectivity index (χ0v) is 14.8. The Morgan fingerprint density at radius 2 is 2.13 bits per heavy atom. The van der Waals surface area contributed by atoms with E-state index in [1.54, 1.807) is 11.3 Å². The molecule has 1 saturated heterocycles. The summed E-state index contributed by atoms with van der Waals surface area (Å²) in [4.78, 5) is 15.5. The fourth-order valence-corrected chi connectivity index (χ4v) is 3.31. The molecule has 1 fully saturated rings. The van der Waals surface area contributed by atoms with Crippen LogP contribution in [0, 0.1) is 6.92 Å². The van der Waals surface area contributed by atoms with Gasteiger partial charge >= 0.3 is 0 Å². The first-order valence-corrected chi connectivity index (χ1v) is 8.90. The fraction of sp³-hybridized carbons (Fsp3) is 0.444. The van der Waals surface area contributed by atoms with E-state index in [4.69, 9.17) is 0 Å². The Bertz CT molecular complexity index is 603. The highest BCUT2D eigenvalue weighted by molar-refractivity contribution is 7.13. The Labute approximate surface area is 142 Å². The molecule has 1 aliphatic rings. The maximum absolute atomic E-state index is 9.94. The van der Waals surface area contributed by atoms with Crippen molar-refractivity contribution in [2.24, 2.45) is 0 Å². The van der Waals surface area contributed by atoms with Crippen molar-refractivity contribution in [3.63, 3.8) is 0 Å². The summed E-state index contributed by atoms with van der Waals surface area (Å²) >= 11 is 1.70. The predicted molar refractivity (Wildman–Crippen MR) is 96.9 cm³/mol. The van der Waals surface area contributed by atoms with Crippen LogP contribution in [-0.2, 0) is 4.79 Å². The molecular weight excluding hydrogens is 306 g/mol. The lowest BCUT2D eigenvalue weighted by Gasteiger charge is -2.10. The normalized spacial score (nSPS) is 18.1. The van der Waals surface area contributed by atoms with Crippen LogP contribution in [0.5, 0.6) is 0 Å². The highest BCUT2D eigenvalue weighted by atomic mass is 32.1. The first kappa shape index (κ1) is 17.8. The van der Waals surface area contributed by atoms with Gasteiger partial charge in [0.25, 0.3) is 0 Å². The van der Waals surface area contributed by atoms with E-state index in [1.807, 2.05) is 12.6 Å². The summed E-state index contributed by atoms with van der Waals surface area (Å²) in [5, 5.41) is 6.28. The summed E-state index contributed by atoms with van der Waals surface area (Å²) in [5.41, 5.74) is 5.58. The van der Waals surface area contributed by atoms with Gasteiger partial charge in [-0.3, -0.25) is 0 Å². The molecule has 0 bridgehead atoms. The Hall–Kier alpha value is -1.56. The lowest BCUT2D eigenvalue weighted by Crippen LogP contribution is -2.21. The van der Waals surface area contributed by atoms with Crippen LogP contribution in [0.4, 0.5) is 0 Å². The largest absolute Gasteiger partial charge is 0.313 e. The van der Waals surface area contributed by atoms with Crippen LogP contribution in [0.25, 0.3) is 10.4 Å². The maximum atomic E-state index is 9.94. The third-order valence-electron chi connectivity index (χ3n) is 4.11. The van der Waals surface area contributed by atoms with E-state index in [2.05, 4.69) is 53.7 Å². The first-order valence-electron chi connectivity index (χ1n) is 8.02. The summed E-state index contributed by atoms with van der Waals surface area (Å²) in [6.45, 7) is 5.23. The molecule has 1 aromatic carbocycles. The number of thiazole rings is 1. The van der Waals surface area contributed by atoms with E-state index in [-0.39, 0.29) is 6.04 Å². The number of hydrogen-bond acceptors (Lipinski definition) is 5. The van der Waals surface area contributed by atoms with Crippen molar-refractivity contribution < 1.29 is 4.79 Å². The second-order valence-electron chi connectivity index (χ2n) is 5.74. The van der Waals surface area contributed by atoms with Crippen molar-refractivity contribution in [1.82, 2.24) is 15.6 Å². The lowest BCUT2D eigenvalue weighted by atomic mass is 10.1. The van der Waals surface area contributed by atoms with Crippen molar-refractivity contribution in [1.29, 1.82) is 0 Å². The van der Waals surface area contributed by atoms with Crippen LogP contribution >= 0.6 is 11.3 Å². The molecule has 2 heterocycles. The smallest absolute Gasteiger partial charge is 0.136 e. The average Bonchev–Trinajstić information content (AvgIpc) is 3.26. The van der Waals surface area contributed by atoms with Gasteiger partial charge in [0.1, 0.15) is 6.29 Å². The Kier molecular flexibility index (Phi) is 6.89. The van der Waals surface area contributed by atoms with Crippen molar-refractivity contribution in [2.45, 2.75) is 38.8 Å². The SMILES string of the molecule is CNC(C)c1ccc(-c2scnc2C)cc1.O=CC1CCCN1.